The molecule has 2 heteroatoms. The van der Waals surface area contributed by atoms with Crippen LogP contribution in [0.5, 0.6) is 0 Å². The zero-order valence-corrected chi connectivity index (χ0v) is 15.8. The number of amides is 1. The fourth-order valence-corrected chi connectivity index (χ4v) is 3.32. The molecule has 3 aromatic rings. The zero-order valence-electron chi connectivity index (χ0n) is 15.8. The minimum atomic E-state index is -0.0330. The van der Waals surface area contributed by atoms with Crippen LogP contribution < -0.4 is 0 Å². The second kappa shape index (κ2) is 9.00. The molecule has 0 aliphatic heterocycles. The van der Waals surface area contributed by atoms with Crippen LogP contribution in [0.4, 0.5) is 0 Å². The number of hydrogen-bond acceptors (Lipinski definition) is 1. The zero-order chi connectivity index (χ0) is 19.1. The number of benzene rings is 3. The van der Waals surface area contributed by atoms with E-state index in [-0.39, 0.29) is 18.0 Å². The predicted octanol–water partition coefficient (Wildman–Crippen LogP) is 6.05. The van der Waals surface area contributed by atoms with Crippen molar-refractivity contribution in [3.05, 3.63) is 114 Å². The van der Waals surface area contributed by atoms with Crippen LogP contribution in [0.3, 0.4) is 0 Å². The summed E-state index contributed by atoms with van der Waals surface area (Å²) in [4.78, 5) is 15.1. The fraction of sp³-hybridized carbons (Fsp3) is 0.160. The minimum absolute atomic E-state index is 0.00607. The van der Waals surface area contributed by atoms with E-state index in [1.807, 2.05) is 77.7 Å². The number of carbonyl (C=O) groups is 1. The third-order valence-corrected chi connectivity index (χ3v) is 4.87. The van der Waals surface area contributed by atoms with E-state index < -0.39 is 0 Å². The summed E-state index contributed by atoms with van der Waals surface area (Å²) in [6.45, 7) is 4.17. The predicted molar refractivity (Wildman–Crippen MR) is 112 cm³/mol. The smallest absolute Gasteiger partial charge is 0.247 e. The minimum Gasteiger partial charge on any atom is -0.326 e. The maximum Gasteiger partial charge on any atom is 0.247 e. The lowest BCUT2D eigenvalue weighted by molar-refractivity contribution is -0.130. The summed E-state index contributed by atoms with van der Waals surface area (Å²) in [6, 6.07) is 30.2. The molecular formula is C25H25NO. The monoisotopic (exact) mass is 355 g/mol. The Morgan fingerprint density at radius 3 is 1.56 bits per heavy atom. The number of rotatable bonds is 6. The van der Waals surface area contributed by atoms with Gasteiger partial charge in [0.15, 0.2) is 0 Å². The molecule has 2 atom stereocenters. The summed E-state index contributed by atoms with van der Waals surface area (Å²) in [6.07, 6.45) is 3.55. The first-order chi connectivity index (χ1) is 13.2. The van der Waals surface area contributed by atoms with E-state index in [1.54, 1.807) is 6.08 Å². The summed E-state index contributed by atoms with van der Waals surface area (Å²) < 4.78 is 0. The van der Waals surface area contributed by atoms with Crippen LogP contribution in [-0.2, 0) is 4.79 Å². The highest BCUT2D eigenvalue weighted by Crippen LogP contribution is 2.30. The van der Waals surface area contributed by atoms with Crippen molar-refractivity contribution < 1.29 is 4.79 Å². The van der Waals surface area contributed by atoms with Crippen LogP contribution in [0.15, 0.2) is 97.1 Å². The molecule has 0 spiro atoms. The van der Waals surface area contributed by atoms with E-state index in [0.717, 1.165) is 16.7 Å². The van der Waals surface area contributed by atoms with Crippen molar-refractivity contribution >= 4 is 12.0 Å². The highest BCUT2D eigenvalue weighted by Gasteiger charge is 2.26. The van der Waals surface area contributed by atoms with Gasteiger partial charge in [-0.1, -0.05) is 91.0 Å². The van der Waals surface area contributed by atoms with E-state index in [9.17, 15) is 4.79 Å². The van der Waals surface area contributed by atoms with Crippen molar-refractivity contribution in [3.8, 4) is 0 Å². The lowest BCUT2D eigenvalue weighted by Gasteiger charge is -2.34. The van der Waals surface area contributed by atoms with Crippen molar-refractivity contribution in [2.24, 2.45) is 0 Å². The lowest BCUT2D eigenvalue weighted by Crippen LogP contribution is -2.34. The van der Waals surface area contributed by atoms with Gasteiger partial charge in [0.25, 0.3) is 0 Å². The summed E-state index contributed by atoms with van der Waals surface area (Å²) in [5.41, 5.74) is 3.27. The van der Waals surface area contributed by atoms with Gasteiger partial charge in [0.1, 0.15) is 0 Å². The second-order valence-electron chi connectivity index (χ2n) is 6.66. The van der Waals surface area contributed by atoms with Gasteiger partial charge in [-0.15, -0.1) is 0 Å². The Morgan fingerprint density at radius 2 is 1.11 bits per heavy atom. The van der Waals surface area contributed by atoms with Crippen molar-refractivity contribution in [1.82, 2.24) is 4.90 Å². The molecular weight excluding hydrogens is 330 g/mol. The van der Waals surface area contributed by atoms with Crippen LogP contribution in [0.25, 0.3) is 6.08 Å². The first-order valence-electron chi connectivity index (χ1n) is 9.32. The SMILES string of the molecule is C[C@@H](c1ccccc1)N(C(=O)/C=C/c1ccccc1)[C@@H](C)c1ccccc1. The van der Waals surface area contributed by atoms with Gasteiger partial charge in [0.2, 0.25) is 5.91 Å². The average molecular weight is 355 g/mol. The third kappa shape index (κ3) is 4.73. The molecule has 0 fully saturated rings. The number of hydrogen-bond donors (Lipinski definition) is 0. The van der Waals surface area contributed by atoms with Crippen LogP contribution in [0.2, 0.25) is 0 Å². The third-order valence-electron chi connectivity index (χ3n) is 4.87. The summed E-state index contributed by atoms with van der Waals surface area (Å²) in [5, 5.41) is 0. The number of carbonyl (C=O) groups excluding carboxylic acids is 1. The Bertz CT molecular complexity index is 826. The van der Waals surface area contributed by atoms with Gasteiger partial charge >= 0.3 is 0 Å². The quantitative estimate of drug-likeness (QED) is 0.493. The van der Waals surface area contributed by atoms with Gasteiger partial charge in [-0.2, -0.15) is 0 Å². The van der Waals surface area contributed by atoms with Crippen LogP contribution >= 0.6 is 0 Å². The first-order valence-corrected chi connectivity index (χ1v) is 9.32. The molecule has 0 aliphatic rings. The molecule has 0 saturated carbocycles. The van der Waals surface area contributed by atoms with Crippen LogP contribution in [0.1, 0.15) is 42.6 Å². The van der Waals surface area contributed by atoms with E-state index in [1.165, 1.54) is 0 Å². The van der Waals surface area contributed by atoms with Crippen molar-refractivity contribution in [2.45, 2.75) is 25.9 Å². The first kappa shape index (κ1) is 18.7. The molecule has 1 amide bonds. The van der Waals surface area contributed by atoms with Crippen molar-refractivity contribution in [3.63, 3.8) is 0 Å². The average Bonchev–Trinajstić information content (AvgIpc) is 2.74. The largest absolute Gasteiger partial charge is 0.326 e. The molecule has 0 unspecified atom stereocenters. The standard InChI is InChI=1S/C25H25NO/c1-20(23-14-8-4-9-15-23)26(21(2)24-16-10-5-11-17-24)25(27)19-18-22-12-6-3-7-13-22/h3-21H,1-2H3/b19-18+/t20-,21-/m0/s1. The maximum atomic E-state index is 13.2. The van der Waals surface area contributed by atoms with Crippen LogP contribution in [-0.4, -0.2) is 10.8 Å². The van der Waals surface area contributed by atoms with Gasteiger partial charge in [-0.05, 0) is 36.6 Å². The molecule has 136 valence electrons. The molecule has 0 heterocycles. The molecule has 0 saturated heterocycles. The normalized spacial score (nSPS) is 13.3. The Kier molecular flexibility index (Phi) is 6.22. The molecule has 27 heavy (non-hydrogen) atoms. The summed E-state index contributed by atoms with van der Waals surface area (Å²) in [5.74, 6) is 0.00607. The van der Waals surface area contributed by atoms with E-state index in [2.05, 4.69) is 38.1 Å². The van der Waals surface area contributed by atoms with Gasteiger partial charge in [-0.25, -0.2) is 0 Å². The Balaban J connectivity index is 1.91. The topological polar surface area (TPSA) is 20.3 Å². The molecule has 0 N–H and O–H groups in total. The highest BCUT2D eigenvalue weighted by atomic mass is 16.2. The van der Waals surface area contributed by atoms with E-state index >= 15 is 0 Å². The highest BCUT2D eigenvalue weighted by molar-refractivity contribution is 5.92. The summed E-state index contributed by atoms with van der Waals surface area (Å²) >= 11 is 0. The molecule has 3 rings (SSSR count). The van der Waals surface area contributed by atoms with Gasteiger partial charge in [-0.3, -0.25) is 4.79 Å². The van der Waals surface area contributed by atoms with Gasteiger partial charge < -0.3 is 4.90 Å². The van der Waals surface area contributed by atoms with Crippen LogP contribution in [0, 0.1) is 0 Å². The van der Waals surface area contributed by atoms with Crippen molar-refractivity contribution in [2.75, 3.05) is 0 Å². The van der Waals surface area contributed by atoms with Gasteiger partial charge in [0, 0.05) is 6.08 Å². The Morgan fingerprint density at radius 1 is 0.704 bits per heavy atom. The lowest BCUT2D eigenvalue weighted by atomic mass is 10.0. The fourth-order valence-electron chi connectivity index (χ4n) is 3.32. The molecule has 0 bridgehead atoms. The summed E-state index contributed by atoms with van der Waals surface area (Å²) in [7, 11) is 0. The maximum absolute atomic E-state index is 13.2. The van der Waals surface area contributed by atoms with E-state index in [4.69, 9.17) is 0 Å². The van der Waals surface area contributed by atoms with Crippen molar-refractivity contribution in [1.29, 1.82) is 0 Å². The number of nitrogens with zero attached hydrogens (tertiary/aromatic N) is 1. The molecule has 0 aliphatic carbocycles. The Labute approximate surface area is 161 Å². The molecule has 3 aromatic carbocycles. The Hall–Kier alpha value is -3.13. The van der Waals surface area contributed by atoms with E-state index in [0.29, 0.717) is 0 Å². The molecule has 0 radical (unpaired) electrons. The molecule has 2 nitrogen and oxygen atoms in total. The van der Waals surface area contributed by atoms with Gasteiger partial charge in [0.05, 0.1) is 12.1 Å². The second-order valence-corrected chi connectivity index (χ2v) is 6.66. The molecule has 0 aromatic heterocycles.